The first kappa shape index (κ1) is 11.9. The Morgan fingerprint density at radius 3 is 2.59 bits per heavy atom. The lowest BCUT2D eigenvalue weighted by atomic mass is 10.2. The number of hydrogen-bond acceptors (Lipinski definition) is 2. The van der Waals surface area contributed by atoms with Gasteiger partial charge in [0.15, 0.2) is 0 Å². The molecule has 17 heavy (non-hydrogen) atoms. The first-order chi connectivity index (χ1) is 8.29. The molecule has 2 rings (SSSR count). The van der Waals surface area contributed by atoms with Gasteiger partial charge in [0.1, 0.15) is 0 Å². The molecule has 3 heteroatoms. The molecule has 90 valence electrons. The summed E-state index contributed by atoms with van der Waals surface area (Å²) >= 11 is 0. The second kappa shape index (κ2) is 5.64. The summed E-state index contributed by atoms with van der Waals surface area (Å²) in [5.41, 5.74) is 3.71. The SMILES string of the molecule is CCn1cc(CNCc2ccccc2)c(C)n1. The molecular weight excluding hydrogens is 210 g/mol. The van der Waals surface area contributed by atoms with E-state index in [0.29, 0.717) is 0 Å². The van der Waals surface area contributed by atoms with Gasteiger partial charge in [-0.05, 0) is 19.4 Å². The van der Waals surface area contributed by atoms with E-state index < -0.39 is 0 Å². The van der Waals surface area contributed by atoms with Crippen molar-refractivity contribution >= 4 is 0 Å². The summed E-state index contributed by atoms with van der Waals surface area (Å²) in [6.07, 6.45) is 2.12. The van der Waals surface area contributed by atoms with E-state index in [0.717, 1.165) is 25.3 Å². The van der Waals surface area contributed by atoms with Crippen molar-refractivity contribution in [2.24, 2.45) is 0 Å². The maximum Gasteiger partial charge on any atom is 0.0638 e. The summed E-state index contributed by atoms with van der Waals surface area (Å²) in [5.74, 6) is 0. The van der Waals surface area contributed by atoms with Gasteiger partial charge in [-0.1, -0.05) is 30.3 Å². The maximum atomic E-state index is 4.43. The van der Waals surface area contributed by atoms with E-state index in [1.165, 1.54) is 11.1 Å². The predicted molar refractivity (Wildman–Crippen MR) is 69.6 cm³/mol. The molecule has 0 spiro atoms. The Balaban J connectivity index is 1.88. The van der Waals surface area contributed by atoms with Gasteiger partial charge in [-0.25, -0.2) is 0 Å². The molecule has 0 bridgehead atoms. The van der Waals surface area contributed by atoms with Gasteiger partial charge < -0.3 is 5.32 Å². The third-order valence-corrected chi connectivity index (χ3v) is 2.86. The van der Waals surface area contributed by atoms with Crippen molar-refractivity contribution in [2.75, 3.05) is 0 Å². The van der Waals surface area contributed by atoms with Crippen LogP contribution in [0.15, 0.2) is 36.5 Å². The van der Waals surface area contributed by atoms with Gasteiger partial charge in [-0.2, -0.15) is 5.10 Å². The molecule has 0 unspecified atom stereocenters. The molecule has 0 atom stereocenters. The summed E-state index contributed by atoms with van der Waals surface area (Å²) in [6.45, 7) is 6.87. The van der Waals surface area contributed by atoms with Crippen molar-refractivity contribution in [2.45, 2.75) is 33.5 Å². The molecule has 0 aliphatic carbocycles. The Morgan fingerprint density at radius 1 is 1.18 bits per heavy atom. The van der Waals surface area contributed by atoms with Crippen LogP contribution in [-0.4, -0.2) is 9.78 Å². The average molecular weight is 229 g/mol. The minimum Gasteiger partial charge on any atom is -0.308 e. The normalized spacial score (nSPS) is 10.7. The fraction of sp³-hybridized carbons (Fsp3) is 0.357. The van der Waals surface area contributed by atoms with Crippen LogP contribution in [0.1, 0.15) is 23.7 Å². The third-order valence-electron chi connectivity index (χ3n) is 2.86. The van der Waals surface area contributed by atoms with Gasteiger partial charge >= 0.3 is 0 Å². The van der Waals surface area contributed by atoms with Crippen molar-refractivity contribution in [3.05, 3.63) is 53.3 Å². The number of nitrogens with one attached hydrogen (secondary N) is 1. The Kier molecular flexibility index (Phi) is 3.94. The monoisotopic (exact) mass is 229 g/mol. The van der Waals surface area contributed by atoms with Crippen LogP contribution in [0, 0.1) is 6.92 Å². The fourth-order valence-electron chi connectivity index (χ4n) is 1.83. The highest BCUT2D eigenvalue weighted by Crippen LogP contribution is 2.06. The molecular formula is C14H19N3. The van der Waals surface area contributed by atoms with E-state index in [2.05, 4.69) is 54.7 Å². The van der Waals surface area contributed by atoms with E-state index in [1.807, 2.05) is 10.7 Å². The van der Waals surface area contributed by atoms with Crippen LogP contribution in [0.25, 0.3) is 0 Å². The minimum atomic E-state index is 0.876. The van der Waals surface area contributed by atoms with Crippen molar-refractivity contribution in [1.82, 2.24) is 15.1 Å². The summed E-state index contributed by atoms with van der Waals surface area (Å²) in [7, 11) is 0. The topological polar surface area (TPSA) is 29.9 Å². The molecule has 0 radical (unpaired) electrons. The second-order valence-corrected chi connectivity index (χ2v) is 4.18. The number of hydrogen-bond donors (Lipinski definition) is 1. The molecule has 1 heterocycles. The summed E-state index contributed by atoms with van der Waals surface area (Å²) in [4.78, 5) is 0. The lowest BCUT2D eigenvalue weighted by molar-refractivity contribution is 0.651. The summed E-state index contributed by atoms with van der Waals surface area (Å²) in [5, 5.41) is 7.87. The Morgan fingerprint density at radius 2 is 1.94 bits per heavy atom. The van der Waals surface area contributed by atoms with Crippen molar-refractivity contribution < 1.29 is 0 Å². The van der Waals surface area contributed by atoms with Crippen LogP contribution in [0.3, 0.4) is 0 Å². The van der Waals surface area contributed by atoms with E-state index in [-0.39, 0.29) is 0 Å². The first-order valence-electron chi connectivity index (χ1n) is 6.07. The Labute approximate surface area is 102 Å². The van der Waals surface area contributed by atoms with E-state index in [4.69, 9.17) is 0 Å². The zero-order valence-corrected chi connectivity index (χ0v) is 10.5. The first-order valence-corrected chi connectivity index (χ1v) is 6.07. The molecule has 0 aliphatic heterocycles. The minimum absolute atomic E-state index is 0.876. The van der Waals surface area contributed by atoms with Crippen molar-refractivity contribution in [3.8, 4) is 0 Å². The van der Waals surface area contributed by atoms with E-state index in [9.17, 15) is 0 Å². The van der Waals surface area contributed by atoms with Crippen molar-refractivity contribution in [3.63, 3.8) is 0 Å². The van der Waals surface area contributed by atoms with E-state index >= 15 is 0 Å². The number of rotatable bonds is 5. The molecule has 0 fully saturated rings. The highest BCUT2D eigenvalue weighted by molar-refractivity contribution is 5.17. The maximum absolute atomic E-state index is 4.43. The van der Waals surface area contributed by atoms with Gasteiger partial charge in [0, 0.05) is 31.4 Å². The molecule has 1 aromatic heterocycles. The molecule has 3 nitrogen and oxygen atoms in total. The fourth-order valence-corrected chi connectivity index (χ4v) is 1.83. The molecule has 0 amide bonds. The smallest absolute Gasteiger partial charge is 0.0638 e. The Hall–Kier alpha value is -1.61. The molecule has 0 saturated carbocycles. The largest absolute Gasteiger partial charge is 0.308 e. The lowest BCUT2D eigenvalue weighted by Gasteiger charge is -2.03. The van der Waals surface area contributed by atoms with Gasteiger partial charge in [-0.3, -0.25) is 4.68 Å². The predicted octanol–water partition coefficient (Wildman–Crippen LogP) is 2.50. The van der Waals surface area contributed by atoms with Crippen molar-refractivity contribution in [1.29, 1.82) is 0 Å². The van der Waals surface area contributed by atoms with Crippen LogP contribution in [0.4, 0.5) is 0 Å². The highest BCUT2D eigenvalue weighted by Gasteiger charge is 2.03. The second-order valence-electron chi connectivity index (χ2n) is 4.18. The molecule has 0 saturated heterocycles. The lowest BCUT2D eigenvalue weighted by Crippen LogP contribution is -2.12. The molecule has 0 aliphatic rings. The van der Waals surface area contributed by atoms with E-state index in [1.54, 1.807) is 0 Å². The van der Waals surface area contributed by atoms with Crippen LogP contribution in [-0.2, 0) is 19.6 Å². The molecule has 1 N–H and O–H groups in total. The number of aryl methyl sites for hydroxylation is 2. The number of nitrogens with zero attached hydrogens (tertiary/aromatic N) is 2. The average Bonchev–Trinajstić information content (AvgIpc) is 2.72. The standard InChI is InChI=1S/C14H19N3/c1-3-17-11-14(12(2)16-17)10-15-9-13-7-5-4-6-8-13/h4-8,11,15H,3,9-10H2,1-2H3. The number of aromatic nitrogens is 2. The summed E-state index contributed by atoms with van der Waals surface area (Å²) < 4.78 is 1.98. The molecule has 1 aromatic carbocycles. The van der Waals surface area contributed by atoms with Crippen LogP contribution < -0.4 is 5.32 Å². The van der Waals surface area contributed by atoms with Gasteiger partial charge in [0.25, 0.3) is 0 Å². The van der Waals surface area contributed by atoms with Crippen LogP contribution in [0.5, 0.6) is 0 Å². The summed E-state index contributed by atoms with van der Waals surface area (Å²) in [6, 6.07) is 10.4. The quantitative estimate of drug-likeness (QED) is 0.853. The third kappa shape index (κ3) is 3.17. The Bertz CT molecular complexity index is 460. The van der Waals surface area contributed by atoms with Gasteiger partial charge in [-0.15, -0.1) is 0 Å². The zero-order valence-electron chi connectivity index (χ0n) is 10.5. The highest BCUT2D eigenvalue weighted by atomic mass is 15.3. The zero-order chi connectivity index (χ0) is 12.1. The van der Waals surface area contributed by atoms with Crippen LogP contribution >= 0.6 is 0 Å². The molecule has 2 aromatic rings. The van der Waals surface area contributed by atoms with Crippen LogP contribution in [0.2, 0.25) is 0 Å². The van der Waals surface area contributed by atoms with Gasteiger partial charge in [0.2, 0.25) is 0 Å². The van der Waals surface area contributed by atoms with Gasteiger partial charge in [0.05, 0.1) is 5.69 Å². The number of benzene rings is 1.